The molecule has 0 amide bonds. The molecule has 5 nitrogen and oxygen atoms in total. The standard InChI is InChI=1S/C14H23N5/c1-13(2,3)14(4,5)9-17-12-8-11(16-7-6-15)18-10-19-12/h8,10H,7,9H2,1-5H3,(H2,16,17,18,19). The van der Waals surface area contributed by atoms with E-state index >= 15 is 0 Å². The van der Waals surface area contributed by atoms with Crippen LogP contribution in [0.2, 0.25) is 0 Å². The molecule has 0 atom stereocenters. The molecule has 0 aromatic carbocycles. The monoisotopic (exact) mass is 261 g/mol. The highest BCUT2D eigenvalue weighted by Gasteiger charge is 2.32. The summed E-state index contributed by atoms with van der Waals surface area (Å²) in [7, 11) is 0. The first-order valence-electron chi connectivity index (χ1n) is 6.43. The topological polar surface area (TPSA) is 73.6 Å². The van der Waals surface area contributed by atoms with Crippen LogP contribution in [0.4, 0.5) is 11.6 Å². The summed E-state index contributed by atoms with van der Waals surface area (Å²) in [5.41, 5.74) is 0.340. The number of hydrogen-bond donors (Lipinski definition) is 2. The summed E-state index contributed by atoms with van der Waals surface area (Å²) in [6.07, 6.45) is 1.49. The van der Waals surface area contributed by atoms with Gasteiger partial charge in [-0.05, 0) is 10.8 Å². The molecule has 1 aromatic heterocycles. The van der Waals surface area contributed by atoms with Crippen LogP contribution in [0, 0.1) is 22.2 Å². The molecular weight excluding hydrogens is 238 g/mol. The van der Waals surface area contributed by atoms with Gasteiger partial charge in [-0.15, -0.1) is 0 Å². The van der Waals surface area contributed by atoms with Crippen molar-refractivity contribution in [3.8, 4) is 6.07 Å². The molecule has 2 N–H and O–H groups in total. The van der Waals surface area contributed by atoms with Crippen molar-refractivity contribution in [1.82, 2.24) is 9.97 Å². The highest BCUT2D eigenvalue weighted by Crippen LogP contribution is 2.37. The number of rotatable bonds is 5. The molecule has 0 saturated heterocycles. The summed E-state index contributed by atoms with van der Waals surface area (Å²) in [6, 6.07) is 3.84. The Hall–Kier alpha value is -1.83. The predicted octanol–water partition coefficient (Wildman–Crippen LogP) is 2.90. The SMILES string of the molecule is CC(C)(C)C(C)(C)CNc1cc(NCC#N)ncn1. The van der Waals surface area contributed by atoms with Crippen molar-refractivity contribution in [1.29, 1.82) is 5.26 Å². The van der Waals surface area contributed by atoms with Gasteiger partial charge in [-0.25, -0.2) is 9.97 Å². The van der Waals surface area contributed by atoms with Gasteiger partial charge in [-0.1, -0.05) is 34.6 Å². The highest BCUT2D eigenvalue weighted by atomic mass is 15.1. The van der Waals surface area contributed by atoms with Crippen LogP contribution in [-0.4, -0.2) is 23.1 Å². The van der Waals surface area contributed by atoms with E-state index in [4.69, 9.17) is 5.26 Å². The molecule has 0 aliphatic carbocycles. The second-order valence-electron chi connectivity index (χ2n) is 6.29. The van der Waals surface area contributed by atoms with Crippen molar-refractivity contribution in [3.05, 3.63) is 12.4 Å². The summed E-state index contributed by atoms with van der Waals surface area (Å²) in [6.45, 7) is 12.2. The van der Waals surface area contributed by atoms with Crippen LogP contribution in [0.3, 0.4) is 0 Å². The van der Waals surface area contributed by atoms with Crippen molar-refractivity contribution in [2.24, 2.45) is 10.8 Å². The summed E-state index contributed by atoms with van der Waals surface area (Å²) in [4.78, 5) is 8.24. The van der Waals surface area contributed by atoms with Gasteiger partial charge < -0.3 is 10.6 Å². The molecule has 0 radical (unpaired) electrons. The van der Waals surface area contributed by atoms with Crippen LogP contribution < -0.4 is 10.6 Å². The lowest BCUT2D eigenvalue weighted by atomic mass is 9.69. The Morgan fingerprint density at radius 2 is 1.68 bits per heavy atom. The number of aromatic nitrogens is 2. The third-order valence-electron chi connectivity index (χ3n) is 3.76. The lowest BCUT2D eigenvalue weighted by Crippen LogP contribution is -2.36. The van der Waals surface area contributed by atoms with Crippen LogP contribution >= 0.6 is 0 Å². The lowest BCUT2D eigenvalue weighted by Gasteiger charge is -2.39. The first kappa shape index (κ1) is 15.2. The molecule has 5 heteroatoms. The number of nitrogens with zero attached hydrogens (tertiary/aromatic N) is 3. The van der Waals surface area contributed by atoms with Gasteiger partial charge >= 0.3 is 0 Å². The molecule has 0 saturated carbocycles. The molecule has 1 rings (SSSR count). The van der Waals surface area contributed by atoms with Crippen molar-refractivity contribution in [2.45, 2.75) is 34.6 Å². The van der Waals surface area contributed by atoms with Crippen molar-refractivity contribution < 1.29 is 0 Å². The highest BCUT2D eigenvalue weighted by molar-refractivity contribution is 5.46. The fraction of sp³-hybridized carbons (Fsp3) is 0.643. The maximum atomic E-state index is 8.52. The Morgan fingerprint density at radius 1 is 1.11 bits per heavy atom. The summed E-state index contributed by atoms with van der Waals surface area (Å²) in [5, 5.41) is 14.8. The first-order valence-corrected chi connectivity index (χ1v) is 6.43. The fourth-order valence-electron chi connectivity index (χ4n) is 1.26. The van der Waals surface area contributed by atoms with E-state index in [9.17, 15) is 0 Å². The van der Waals surface area contributed by atoms with E-state index in [0.717, 1.165) is 12.4 Å². The average Bonchev–Trinajstić information content (AvgIpc) is 2.33. The minimum atomic E-state index is 0.137. The van der Waals surface area contributed by atoms with E-state index in [1.54, 1.807) is 0 Å². The van der Waals surface area contributed by atoms with Gasteiger partial charge in [-0.2, -0.15) is 5.26 Å². The van der Waals surface area contributed by atoms with Crippen LogP contribution in [0.15, 0.2) is 12.4 Å². The number of anilines is 2. The second kappa shape index (κ2) is 5.87. The Balaban J connectivity index is 2.66. The molecule has 0 spiro atoms. The fourth-order valence-corrected chi connectivity index (χ4v) is 1.26. The van der Waals surface area contributed by atoms with Crippen molar-refractivity contribution in [3.63, 3.8) is 0 Å². The Bertz CT molecular complexity index is 454. The van der Waals surface area contributed by atoms with E-state index in [1.165, 1.54) is 6.33 Å². The van der Waals surface area contributed by atoms with Gasteiger partial charge in [0.15, 0.2) is 0 Å². The van der Waals surface area contributed by atoms with E-state index in [0.29, 0.717) is 5.82 Å². The van der Waals surface area contributed by atoms with Gasteiger partial charge in [-0.3, -0.25) is 0 Å². The van der Waals surface area contributed by atoms with E-state index in [2.05, 4.69) is 55.2 Å². The maximum absolute atomic E-state index is 8.52. The number of nitriles is 1. The minimum absolute atomic E-state index is 0.137. The Labute approximate surface area is 115 Å². The maximum Gasteiger partial charge on any atom is 0.132 e. The van der Waals surface area contributed by atoms with E-state index in [1.807, 2.05) is 12.1 Å². The van der Waals surface area contributed by atoms with Crippen LogP contribution in [0.1, 0.15) is 34.6 Å². The molecule has 0 aliphatic rings. The molecular formula is C14H23N5. The molecule has 104 valence electrons. The molecule has 0 bridgehead atoms. The third-order valence-corrected chi connectivity index (χ3v) is 3.76. The Kier molecular flexibility index (Phi) is 4.71. The zero-order valence-corrected chi connectivity index (χ0v) is 12.4. The zero-order chi connectivity index (χ0) is 14.5. The van der Waals surface area contributed by atoms with Crippen molar-refractivity contribution >= 4 is 11.6 Å². The third kappa shape index (κ3) is 4.40. The summed E-state index contributed by atoms with van der Waals surface area (Å²) >= 11 is 0. The van der Waals surface area contributed by atoms with E-state index < -0.39 is 0 Å². The van der Waals surface area contributed by atoms with E-state index in [-0.39, 0.29) is 17.4 Å². The largest absolute Gasteiger partial charge is 0.369 e. The summed E-state index contributed by atoms with van der Waals surface area (Å²) in [5.74, 6) is 1.43. The smallest absolute Gasteiger partial charge is 0.132 e. The first-order chi connectivity index (χ1) is 8.76. The second-order valence-corrected chi connectivity index (χ2v) is 6.29. The average molecular weight is 261 g/mol. The molecule has 1 heterocycles. The Morgan fingerprint density at radius 3 is 2.21 bits per heavy atom. The predicted molar refractivity (Wildman–Crippen MR) is 77.9 cm³/mol. The summed E-state index contributed by atoms with van der Waals surface area (Å²) < 4.78 is 0. The molecule has 1 aromatic rings. The van der Waals surface area contributed by atoms with Crippen LogP contribution in [0.25, 0.3) is 0 Å². The molecule has 19 heavy (non-hydrogen) atoms. The lowest BCUT2D eigenvalue weighted by molar-refractivity contribution is 0.148. The van der Waals surface area contributed by atoms with Gasteiger partial charge in [0.05, 0.1) is 6.07 Å². The molecule has 0 aliphatic heterocycles. The van der Waals surface area contributed by atoms with Crippen molar-refractivity contribution in [2.75, 3.05) is 23.7 Å². The number of nitrogens with one attached hydrogen (secondary N) is 2. The van der Waals surface area contributed by atoms with Crippen LogP contribution in [-0.2, 0) is 0 Å². The minimum Gasteiger partial charge on any atom is -0.369 e. The van der Waals surface area contributed by atoms with Crippen LogP contribution in [0.5, 0.6) is 0 Å². The van der Waals surface area contributed by atoms with Gasteiger partial charge in [0, 0.05) is 12.6 Å². The molecule has 0 fully saturated rings. The quantitative estimate of drug-likeness (QED) is 0.797. The number of hydrogen-bond acceptors (Lipinski definition) is 5. The van der Waals surface area contributed by atoms with Gasteiger partial charge in [0.2, 0.25) is 0 Å². The molecule has 0 unspecified atom stereocenters. The normalized spacial score (nSPS) is 11.8. The van der Waals surface area contributed by atoms with Gasteiger partial charge in [0.25, 0.3) is 0 Å². The zero-order valence-electron chi connectivity index (χ0n) is 12.4. The van der Waals surface area contributed by atoms with Gasteiger partial charge in [0.1, 0.15) is 24.5 Å².